The molecule has 1 fully saturated rings. The van der Waals surface area contributed by atoms with E-state index in [2.05, 4.69) is 17.4 Å². The highest BCUT2D eigenvalue weighted by Gasteiger charge is 2.29. The first-order valence-corrected chi connectivity index (χ1v) is 7.89. The van der Waals surface area contributed by atoms with Crippen LogP contribution in [0.5, 0.6) is 5.75 Å². The summed E-state index contributed by atoms with van der Waals surface area (Å²) in [6.07, 6.45) is 0.969. The molecule has 23 heavy (non-hydrogen) atoms. The number of para-hydroxylation sites is 1. The second kappa shape index (κ2) is 7.29. The van der Waals surface area contributed by atoms with Crippen LogP contribution in [0.1, 0.15) is 28.4 Å². The highest BCUT2D eigenvalue weighted by atomic mass is 16.5. The Morgan fingerprint density at radius 3 is 2.57 bits per heavy atom. The van der Waals surface area contributed by atoms with E-state index < -0.39 is 0 Å². The predicted molar refractivity (Wildman–Crippen MR) is 88.6 cm³/mol. The van der Waals surface area contributed by atoms with Crippen LogP contribution >= 0.6 is 0 Å². The van der Waals surface area contributed by atoms with Gasteiger partial charge in [0.05, 0.1) is 7.11 Å². The number of nitrogens with one attached hydrogen (secondary N) is 1. The van der Waals surface area contributed by atoms with Crippen molar-refractivity contribution in [2.45, 2.75) is 12.5 Å². The van der Waals surface area contributed by atoms with Gasteiger partial charge >= 0.3 is 5.97 Å². The van der Waals surface area contributed by atoms with E-state index in [0.717, 1.165) is 25.1 Å². The van der Waals surface area contributed by atoms with Crippen molar-refractivity contribution in [1.82, 2.24) is 5.32 Å². The van der Waals surface area contributed by atoms with E-state index in [1.54, 1.807) is 6.07 Å². The largest absolute Gasteiger partial charge is 0.484 e. The average molecular weight is 311 g/mol. The summed E-state index contributed by atoms with van der Waals surface area (Å²) in [6.45, 7) is 1.91. The molecule has 1 unspecified atom stereocenters. The molecule has 4 nitrogen and oxygen atoms in total. The van der Waals surface area contributed by atoms with Crippen LogP contribution in [0.2, 0.25) is 0 Å². The molecule has 0 saturated carbocycles. The third-order valence-corrected chi connectivity index (χ3v) is 4.20. The quantitative estimate of drug-likeness (QED) is 0.862. The van der Waals surface area contributed by atoms with E-state index in [-0.39, 0.29) is 12.1 Å². The van der Waals surface area contributed by atoms with Crippen molar-refractivity contribution in [2.75, 3.05) is 20.2 Å². The maximum Gasteiger partial charge on any atom is 0.341 e. The summed E-state index contributed by atoms with van der Waals surface area (Å²) >= 11 is 0. The van der Waals surface area contributed by atoms with E-state index in [1.807, 2.05) is 36.4 Å². The third kappa shape index (κ3) is 3.54. The number of esters is 1. The molecular weight excluding hydrogens is 290 g/mol. The molecule has 1 heterocycles. The first-order chi connectivity index (χ1) is 11.3. The normalized spacial score (nSPS) is 18.4. The molecule has 0 aromatic heterocycles. The Balaban J connectivity index is 1.91. The first-order valence-electron chi connectivity index (χ1n) is 7.89. The van der Waals surface area contributed by atoms with Crippen LogP contribution in [-0.2, 0) is 4.74 Å². The summed E-state index contributed by atoms with van der Waals surface area (Å²) < 4.78 is 11.2. The van der Waals surface area contributed by atoms with Gasteiger partial charge in [0.1, 0.15) is 17.4 Å². The minimum atomic E-state index is -0.378. The van der Waals surface area contributed by atoms with Crippen molar-refractivity contribution in [2.24, 2.45) is 5.92 Å². The fourth-order valence-electron chi connectivity index (χ4n) is 3.00. The van der Waals surface area contributed by atoms with Crippen molar-refractivity contribution in [3.8, 4) is 5.75 Å². The molecule has 1 saturated heterocycles. The molecule has 1 aliphatic heterocycles. The molecule has 3 rings (SSSR count). The number of carbonyl (C=O) groups excluding carboxylic acids is 1. The summed E-state index contributed by atoms with van der Waals surface area (Å²) in [6, 6.07) is 17.4. The smallest absolute Gasteiger partial charge is 0.341 e. The first kappa shape index (κ1) is 15.6. The lowest BCUT2D eigenvalue weighted by Gasteiger charge is -2.25. The van der Waals surface area contributed by atoms with Gasteiger partial charge in [0, 0.05) is 12.5 Å². The molecule has 4 heteroatoms. The van der Waals surface area contributed by atoms with Crippen molar-refractivity contribution in [1.29, 1.82) is 0 Å². The Labute approximate surface area is 136 Å². The van der Waals surface area contributed by atoms with E-state index in [4.69, 9.17) is 9.47 Å². The molecule has 0 spiro atoms. The molecule has 0 amide bonds. The van der Waals surface area contributed by atoms with Crippen LogP contribution in [0.3, 0.4) is 0 Å². The van der Waals surface area contributed by atoms with Crippen LogP contribution in [0, 0.1) is 5.92 Å². The van der Waals surface area contributed by atoms with Crippen LogP contribution < -0.4 is 10.1 Å². The van der Waals surface area contributed by atoms with Gasteiger partial charge in [-0.25, -0.2) is 4.79 Å². The number of rotatable bonds is 5. The highest BCUT2D eigenvalue weighted by molar-refractivity contribution is 5.92. The maximum atomic E-state index is 12.0. The van der Waals surface area contributed by atoms with Gasteiger partial charge in [-0.05, 0) is 30.7 Å². The zero-order valence-electron chi connectivity index (χ0n) is 13.2. The molecule has 2 aromatic rings. The molecule has 1 N–H and O–H groups in total. The van der Waals surface area contributed by atoms with Gasteiger partial charge in [-0.1, -0.05) is 42.5 Å². The van der Waals surface area contributed by atoms with Crippen molar-refractivity contribution in [3.05, 3.63) is 65.7 Å². The summed E-state index contributed by atoms with van der Waals surface area (Å²) in [5.41, 5.74) is 1.59. The van der Waals surface area contributed by atoms with E-state index in [0.29, 0.717) is 17.2 Å². The fraction of sp³-hybridized carbons (Fsp3) is 0.316. The van der Waals surface area contributed by atoms with E-state index >= 15 is 0 Å². The zero-order valence-corrected chi connectivity index (χ0v) is 13.2. The Kier molecular flexibility index (Phi) is 4.93. The zero-order chi connectivity index (χ0) is 16.1. The second-order valence-corrected chi connectivity index (χ2v) is 5.69. The lowest BCUT2D eigenvalue weighted by Crippen LogP contribution is -2.22. The Morgan fingerprint density at radius 2 is 1.87 bits per heavy atom. The number of hydrogen-bond acceptors (Lipinski definition) is 4. The molecular formula is C19H21NO3. The average Bonchev–Trinajstić information content (AvgIpc) is 3.14. The van der Waals surface area contributed by atoms with Gasteiger partial charge in [0.15, 0.2) is 0 Å². The number of ether oxygens (including phenoxy) is 2. The fourth-order valence-corrected chi connectivity index (χ4v) is 3.00. The van der Waals surface area contributed by atoms with Crippen molar-refractivity contribution < 1.29 is 14.3 Å². The SMILES string of the molecule is COC(=O)c1ccccc1OC(c1ccccc1)[C@H]1CCNC1. The molecule has 1 aliphatic rings. The lowest BCUT2D eigenvalue weighted by molar-refractivity contribution is 0.0588. The predicted octanol–water partition coefficient (Wildman–Crippen LogP) is 3.20. The summed E-state index contributed by atoms with van der Waals surface area (Å²) in [7, 11) is 1.38. The van der Waals surface area contributed by atoms with Gasteiger partial charge in [-0.3, -0.25) is 0 Å². The number of methoxy groups -OCH3 is 1. The molecule has 0 bridgehead atoms. The minimum absolute atomic E-state index is 0.0861. The second-order valence-electron chi connectivity index (χ2n) is 5.69. The van der Waals surface area contributed by atoms with Crippen molar-refractivity contribution in [3.63, 3.8) is 0 Å². The molecule has 2 aromatic carbocycles. The lowest BCUT2D eigenvalue weighted by atomic mass is 9.94. The van der Waals surface area contributed by atoms with Crippen molar-refractivity contribution >= 4 is 5.97 Å². The van der Waals surface area contributed by atoms with Crippen LogP contribution in [0.4, 0.5) is 0 Å². The van der Waals surface area contributed by atoms with Gasteiger partial charge in [0.25, 0.3) is 0 Å². The molecule has 120 valence electrons. The minimum Gasteiger partial charge on any atom is -0.484 e. The number of carbonyl (C=O) groups is 1. The van der Waals surface area contributed by atoms with Crippen LogP contribution in [-0.4, -0.2) is 26.2 Å². The highest BCUT2D eigenvalue weighted by Crippen LogP contribution is 2.33. The molecule has 2 atom stereocenters. The summed E-state index contributed by atoms with van der Waals surface area (Å²) in [4.78, 5) is 12.0. The van der Waals surface area contributed by atoms with Gasteiger partial charge in [0.2, 0.25) is 0 Å². The Bertz CT molecular complexity index is 651. The topological polar surface area (TPSA) is 47.6 Å². The maximum absolute atomic E-state index is 12.0. The standard InChI is InChI=1S/C19H21NO3/c1-22-19(21)16-9-5-6-10-17(16)23-18(15-11-12-20-13-15)14-7-3-2-4-8-14/h2-10,15,18,20H,11-13H2,1H3/t15-,18?/m0/s1. The van der Waals surface area contributed by atoms with Gasteiger partial charge in [-0.2, -0.15) is 0 Å². The summed E-state index contributed by atoms with van der Waals surface area (Å²) in [5, 5.41) is 3.39. The Hall–Kier alpha value is -2.33. The number of hydrogen-bond donors (Lipinski definition) is 1. The molecule has 0 aliphatic carbocycles. The van der Waals surface area contributed by atoms with E-state index in [1.165, 1.54) is 7.11 Å². The molecule has 0 radical (unpaired) electrons. The third-order valence-electron chi connectivity index (χ3n) is 4.20. The monoisotopic (exact) mass is 311 g/mol. The summed E-state index contributed by atoms with van der Waals surface area (Å²) in [5.74, 6) is 0.570. The van der Waals surface area contributed by atoms with E-state index in [9.17, 15) is 4.79 Å². The van der Waals surface area contributed by atoms with Gasteiger partial charge < -0.3 is 14.8 Å². The van der Waals surface area contributed by atoms with Crippen LogP contribution in [0.25, 0.3) is 0 Å². The van der Waals surface area contributed by atoms with Crippen LogP contribution in [0.15, 0.2) is 54.6 Å². The number of benzene rings is 2. The van der Waals surface area contributed by atoms with Gasteiger partial charge in [-0.15, -0.1) is 0 Å². The Morgan fingerprint density at radius 1 is 1.13 bits per heavy atom.